The molecule has 0 rings (SSSR count). The smallest absolute Gasteiger partial charge is 0.0695 e. The second-order valence-electron chi connectivity index (χ2n) is 3.40. The van der Waals surface area contributed by atoms with Gasteiger partial charge < -0.3 is 5.11 Å². The van der Waals surface area contributed by atoms with Gasteiger partial charge in [-0.3, -0.25) is 0 Å². The molecule has 0 spiro atoms. The van der Waals surface area contributed by atoms with Gasteiger partial charge in [-0.1, -0.05) is 50.5 Å². The summed E-state index contributed by atoms with van der Waals surface area (Å²) in [5.74, 6) is 0. The molecular formula is C12H22O. The minimum absolute atomic E-state index is 0.329. The Morgan fingerprint density at radius 1 is 1.15 bits per heavy atom. The van der Waals surface area contributed by atoms with Gasteiger partial charge in [-0.25, -0.2) is 0 Å². The van der Waals surface area contributed by atoms with Crippen LogP contribution in [0.3, 0.4) is 0 Å². The Morgan fingerprint density at radius 2 is 1.92 bits per heavy atom. The molecule has 0 saturated heterocycles. The van der Waals surface area contributed by atoms with Crippen molar-refractivity contribution in [3.8, 4) is 0 Å². The molecule has 1 heteroatoms. The molecule has 0 aromatic heterocycles. The molecule has 0 aliphatic carbocycles. The van der Waals surface area contributed by atoms with E-state index < -0.39 is 0 Å². The summed E-state index contributed by atoms with van der Waals surface area (Å²) in [6, 6.07) is 0. The van der Waals surface area contributed by atoms with Crippen LogP contribution in [0, 0.1) is 0 Å². The minimum Gasteiger partial charge on any atom is -0.389 e. The van der Waals surface area contributed by atoms with Gasteiger partial charge in [0.2, 0.25) is 0 Å². The second-order valence-corrected chi connectivity index (χ2v) is 3.40. The average molecular weight is 182 g/mol. The largest absolute Gasteiger partial charge is 0.389 e. The Balaban J connectivity index is 3.21. The highest BCUT2D eigenvalue weighted by atomic mass is 16.3. The van der Waals surface area contributed by atoms with Crippen molar-refractivity contribution < 1.29 is 5.11 Å². The van der Waals surface area contributed by atoms with E-state index in [1.807, 2.05) is 12.2 Å². The van der Waals surface area contributed by atoms with Crippen molar-refractivity contribution in [1.29, 1.82) is 0 Å². The molecule has 1 nitrogen and oxygen atoms in total. The van der Waals surface area contributed by atoms with Gasteiger partial charge in [-0.05, 0) is 19.8 Å². The van der Waals surface area contributed by atoms with E-state index in [-0.39, 0.29) is 6.10 Å². The molecule has 0 fully saturated rings. The van der Waals surface area contributed by atoms with E-state index in [1.54, 1.807) is 13.0 Å². The van der Waals surface area contributed by atoms with Crippen LogP contribution < -0.4 is 0 Å². The van der Waals surface area contributed by atoms with E-state index in [0.29, 0.717) is 0 Å². The number of rotatable bonds is 7. The molecule has 0 heterocycles. The van der Waals surface area contributed by atoms with Gasteiger partial charge in [0.05, 0.1) is 6.10 Å². The maximum atomic E-state index is 8.90. The molecule has 0 amide bonds. The monoisotopic (exact) mass is 182 g/mol. The van der Waals surface area contributed by atoms with Crippen LogP contribution in [0.15, 0.2) is 24.3 Å². The van der Waals surface area contributed by atoms with Crippen molar-refractivity contribution in [2.45, 2.75) is 52.1 Å². The third-order valence-corrected chi connectivity index (χ3v) is 1.86. The van der Waals surface area contributed by atoms with Crippen LogP contribution >= 0.6 is 0 Å². The van der Waals surface area contributed by atoms with Crippen LogP contribution in [0.4, 0.5) is 0 Å². The molecule has 13 heavy (non-hydrogen) atoms. The van der Waals surface area contributed by atoms with E-state index >= 15 is 0 Å². The van der Waals surface area contributed by atoms with Crippen LogP contribution in [0.2, 0.25) is 0 Å². The van der Waals surface area contributed by atoms with Gasteiger partial charge >= 0.3 is 0 Å². The zero-order valence-corrected chi connectivity index (χ0v) is 8.87. The zero-order valence-electron chi connectivity index (χ0n) is 8.87. The summed E-state index contributed by atoms with van der Waals surface area (Å²) in [4.78, 5) is 0. The lowest BCUT2D eigenvalue weighted by molar-refractivity contribution is 0.244. The predicted molar refractivity (Wildman–Crippen MR) is 58.7 cm³/mol. The van der Waals surface area contributed by atoms with Gasteiger partial charge in [0, 0.05) is 0 Å². The van der Waals surface area contributed by atoms with Crippen LogP contribution in [0.25, 0.3) is 0 Å². The van der Waals surface area contributed by atoms with Gasteiger partial charge in [-0.2, -0.15) is 0 Å². The normalized spacial score (nSPS) is 14.4. The molecule has 1 unspecified atom stereocenters. The summed E-state index contributed by atoms with van der Waals surface area (Å²) in [5, 5.41) is 8.90. The molecule has 0 radical (unpaired) electrons. The van der Waals surface area contributed by atoms with Crippen molar-refractivity contribution >= 4 is 0 Å². The van der Waals surface area contributed by atoms with Crippen LogP contribution in [0.1, 0.15) is 46.0 Å². The molecule has 0 aromatic carbocycles. The van der Waals surface area contributed by atoms with E-state index in [0.717, 1.165) is 6.42 Å². The van der Waals surface area contributed by atoms with Crippen molar-refractivity contribution in [2.75, 3.05) is 0 Å². The minimum atomic E-state index is -0.329. The first-order chi connectivity index (χ1) is 6.27. The Bertz CT molecular complexity index is 145. The summed E-state index contributed by atoms with van der Waals surface area (Å²) in [6.45, 7) is 3.98. The fourth-order valence-electron chi connectivity index (χ4n) is 1.09. The van der Waals surface area contributed by atoms with Crippen molar-refractivity contribution in [3.05, 3.63) is 24.3 Å². The van der Waals surface area contributed by atoms with E-state index in [9.17, 15) is 0 Å². The van der Waals surface area contributed by atoms with Gasteiger partial charge in [0.25, 0.3) is 0 Å². The van der Waals surface area contributed by atoms with Crippen molar-refractivity contribution in [3.63, 3.8) is 0 Å². The van der Waals surface area contributed by atoms with Crippen molar-refractivity contribution in [1.82, 2.24) is 0 Å². The quantitative estimate of drug-likeness (QED) is 0.472. The lowest BCUT2D eigenvalue weighted by atomic mass is 10.1. The third-order valence-electron chi connectivity index (χ3n) is 1.86. The van der Waals surface area contributed by atoms with Gasteiger partial charge in [0.15, 0.2) is 0 Å². The number of aliphatic hydroxyl groups is 1. The molecule has 0 bridgehead atoms. The van der Waals surface area contributed by atoms with Crippen LogP contribution in [-0.2, 0) is 0 Å². The lowest BCUT2D eigenvalue weighted by Gasteiger charge is -1.93. The van der Waals surface area contributed by atoms with Gasteiger partial charge in [0.1, 0.15) is 0 Å². The maximum Gasteiger partial charge on any atom is 0.0695 e. The standard InChI is InChI=1S/C12H22O/c1-3-4-5-6-7-8-9-10-11-12(2)13/h8-13H,3-7H2,1-2H3/b9-8+,11-10+. The molecule has 0 saturated carbocycles. The van der Waals surface area contributed by atoms with Gasteiger partial charge in [-0.15, -0.1) is 0 Å². The number of unbranched alkanes of at least 4 members (excludes halogenated alkanes) is 4. The molecule has 76 valence electrons. The summed E-state index contributed by atoms with van der Waals surface area (Å²) >= 11 is 0. The first kappa shape index (κ1) is 12.4. The number of hydrogen-bond donors (Lipinski definition) is 1. The van der Waals surface area contributed by atoms with E-state index in [1.165, 1.54) is 25.7 Å². The fraction of sp³-hybridized carbons (Fsp3) is 0.667. The first-order valence-corrected chi connectivity index (χ1v) is 5.28. The molecule has 0 aliphatic heterocycles. The summed E-state index contributed by atoms with van der Waals surface area (Å²) < 4.78 is 0. The zero-order chi connectivity index (χ0) is 9.94. The summed E-state index contributed by atoms with van der Waals surface area (Å²) in [7, 11) is 0. The first-order valence-electron chi connectivity index (χ1n) is 5.28. The Morgan fingerprint density at radius 3 is 2.54 bits per heavy atom. The lowest BCUT2D eigenvalue weighted by Crippen LogP contribution is -1.90. The summed E-state index contributed by atoms with van der Waals surface area (Å²) in [5.41, 5.74) is 0. The van der Waals surface area contributed by atoms with E-state index in [4.69, 9.17) is 5.11 Å². The Labute approximate surface area is 82.2 Å². The van der Waals surface area contributed by atoms with Crippen LogP contribution in [0.5, 0.6) is 0 Å². The third kappa shape index (κ3) is 11.4. The molecule has 1 atom stereocenters. The highest BCUT2D eigenvalue weighted by Gasteiger charge is 1.84. The average Bonchev–Trinajstić information content (AvgIpc) is 2.09. The topological polar surface area (TPSA) is 20.2 Å². The van der Waals surface area contributed by atoms with Crippen LogP contribution in [-0.4, -0.2) is 11.2 Å². The number of allylic oxidation sites excluding steroid dienone is 3. The Hall–Kier alpha value is -0.560. The molecular weight excluding hydrogens is 160 g/mol. The summed E-state index contributed by atoms with van der Waals surface area (Å²) in [6.07, 6.45) is 14.0. The SMILES string of the molecule is CCCCCC/C=C/C=C/C(C)O. The maximum absolute atomic E-state index is 8.90. The highest BCUT2D eigenvalue weighted by molar-refractivity contribution is 5.03. The van der Waals surface area contributed by atoms with Crippen molar-refractivity contribution in [2.24, 2.45) is 0 Å². The Kier molecular flexibility index (Phi) is 9.12. The fourth-order valence-corrected chi connectivity index (χ4v) is 1.09. The molecule has 0 aromatic rings. The second kappa shape index (κ2) is 9.53. The number of hydrogen-bond acceptors (Lipinski definition) is 1. The molecule has 0 aliphatic rings. The highest BCUT2D eigenvalue weighted by Crippen LogP contribution is 2.02. The number of aliphatic hydroxyl groups excluding tert-OH is 1. The van der Waals surface area contributed by atoms with E-state index in [2.05, 4.69) is 13.0 Å². The molecule has 1 N–H and O–H groups in total. The predicted octanol–water partition coefficient (Wildman–Crippen LogP) is 3.45.